The fourth-order valence-electron chi connectivity index (χ4n) is 2.30. The molecule has 0 bridgehead atoms. The minimum absolute atomic E-state index is 0.630. The Kier molecular flexibility index (Phi) is 2.64. The highest BCUT2D eigenvalue weighted by atomic mass is 15.1. The second kappa shape index (κ2) is 4.31. The zero-order valence-corrected chi connectivity index (χ0v) is 10.4. The highest BCUT2D eigenvalue weighted by molar-refractivity contribution is 5.86. The number of nitrogens with two attached hydrogens (primary N) is 1. The van der Waals surface area contributed by atoms with Crippen LogP contribution in [0.5, 0.6) is 0 Å². The smallest absolute Gasteiger partial charge is 0.105 e. The van der Waals surface area contributed by atoms with Crippen LogP contribution in [0, 0.1) is 0 Å². The molecule has 0 unspecified atom stereocenters. The van der Waals surface area contributed by atoms with Gasteiger partial charge < -0.3 is 14.9 Å². The molecule has 4 heteroatoms. The molecule has 0 aliphatic heterocycles. The predicted molar refractivity (Wildman–Crippen MR) is 73.2 cm³/mol. The summed E-state index contributed by atoms with van der Waals surface area (Å²) < 4.78 is 4.19. The van der Waals surface area contributed by atoms with Crippen molar-refractivity contribution in [1.82, 2.24) is 14.1 Å². The summed E-state index contributed by atoms with van der Waals surface area (Å²) in [6, 6.07) is 10.5. The van der Waals surface area contributed by atoms with Crippen LogP contribution in [0.4, 0.5) is 0 Å². The van der Waals surface area contributed by atoms with Gasteiger partial charge in [-0.2, -0.15) is 0 Å². The van der Waals surface area contributed by atoms with E-state index < -0.39 is 0 Å². The van der Waals surface area contributed by atoms with E-state index in [1.807, 2.05) is 17.1 Å². The van der Waals surface area contributed by atoms with E-state index in [-0.39, 0.29) is 0 Å². The topological polar surface area (TPSA) is 48.8 Å². The minimum atomic E-state index is 0.630. The number of hydrogen-bond donors (Lipinski definition) is 1. The quantitative estimate of drug-likeness (QED) is 0.761. The maximum Gasteiger partial charge on any atom is 0.105 e. The molecule has 18 heavy (non-hydrogen) atoms. The summed E-state index contributed by atoms with van der Waals surface area (Å²) >= 11 is 0. The van der Waals surface area contributed by atoms with Gasteiger partial charge in [0.25, 0.3) is 0 Å². The normalized spacial score (nSPS) is 11.2. The summed E-state index contributed by atoms with van der Waals surface area (Å²) in [7, 11) is 2.07. The van der Waals surface area contributed by atoms with Crippen LogP contribution >= 0.6 is 0 Å². The summed E-state index contributed by atoms with van der Waals surface area (Å²) in [6.07, 6.45) is 3.88. The summed E-state index contributed by atoms with van der Waals surface area (Å²) in [5.41, 5.74) is 8.89. The van der Waals surface area contributed by atoms with Crippen molar-refractivity contribution in [3.8, 4) is 11.4 Å². The molecule has 3 rings (SSSR count). The van der Waals surface area contributed by atoms with Crippen molar-refractivity contribution in [2.75, 3.05) is 6.54 Å². The van der Waals surface area contributed by atoms with E-state index in [1.165, 1.54) is 10.9 Å². The van der Waals surface area contributed by atoms with Crippen molar-refractivity contribution in [2.24, 2.45) is 12.8 Å². The third-order valence-corrected chi connectivity index (χ3v) is 3.23. The fraction of sp³-hybridized carbons (Fsp3) is 0.214. The molecule has 2 N–H and O–H groups in total. The lowest BCUT2D eigenvalue weighted by Crippen LogP contribution is -2.07. The van der Waals surface area contributed by atoms with Crippen molar-refractivity contribution in [3.63, 3.8) is 0 Å². The zero-order valence-electron chi connectivity index (χ0n) is 10.4. The van der Waals surface area contributed by atoms with Crippen LogP contribution in [0.3, 0.4) is 0 Å². The zero-order chi connectivity index (χ0) is 12.5. The van der Waals surface area contributed by atoms with Gasteiger partial charge in [-0.3, -0.25) is 0 Å². The van der Waals surface area contributed by atoms with Crippen LogP contribution in [-0.4, -0.2) is 20.7 Å². The van der Waals surface area contributed by atoms with Gasteiger partial charge in [0.05, 0.1) is 12.0 Å². The second-order valence-corrected chi connectivity index (χ2v) is 4.43. The number of nitrogens with zero attached hydrogens (tertiary/aromatic N) is 3. The third-order valence-electron chi connectivity index (χ3n) is 3.23. The minimum Gasteiger partial charge on any atom is -0.342 e. The molecule has 0 fully saturated rings. The number of aromatic nitrogens is 3. The van der Waals surface area contributed by atoms with Crippen LogP contribution in [0.15, 0.2) is 42.9 Å². The molecule has 0 atom stereocenters. The van der Waals surface area contributed by atoms with E-state index in [0.717, 1.165) is 17.9 Å². The average molecular weight is 240 g/mol. The number of fused-ring (bicyclic) bond motifs is 1. The van der Waals surface area contributed by atoms with Gasteiger partial charge in [0.2, 0.25) is 0 Å². The lowest BCUT2D eigenvalue weighted by atomic mass is 10.2. The average Bonchev–Trinajstić information content (AvgIpc) is 2.96. The Labute approximate surface area is 106 Å². The summed E-state index contributed by atoms with van der Waals surface area (Å²) in [5, 5.41) is 1.24. The molecule has 0 saturated heterocycles. The maximum atomic E-state index is 5.55. The Morgan fingerprint density at radius 2 is 2.11 bits per heavy atom. The number of hydrogen-bond acceptors (Lipinski definition) is 2. The van der Waals surface area contributed by atoms with E-state index >= 15 is 0 Å². The van der Waals surface area contributed by atoms with Gasteiger partial charge in [-0.15, -0.1) is 0 Å². The molecule has 0 radical (unpaired) electrons. The molecule has 0 saturated carbocycles. The molecule has 1 aromatic carbocycles. The van der Waals surface area contributed by atoms with Gasteiger partial charge in [-0.25, -0.2) is 4.98 Å². The molecular formula is C14H16N4. The van der Waals surface area contributed by atoms with Gasteiger partial charge in [0, 0.05) is 37.2 Å². The maximum absolute atomic E-state index is 5.55. The van der Waals surface area contributed by atoms with Gasteiger partial charge >= 0.3 is 0 Å². The highest BCUT2D eigenvalue weighted by Crippen LogP contribution is 2.25. The number of imidazole rings is 1. The summed E-state index contributed by atoms with van der Waals surface area (Å²) in [6.45, 7) is 1.43. The lowest BCUT2D eigenvalue weighted by molar-refractivity contribution is 0.708. The molecule has 0 aliphatic carbocycles. The van der Waals surface area contributed by atoms with Gasteiger partial charge in [-0.1, -0.05) is 18.2 Å². The van der Waals surface area contributed by atoms with E-state index in [2.05, 4.69) is 46.9 Å². The van der Waals surface area contributed by atoms with Crippen LogP contribution in [-0.2, 0) is 13.6 Å². The number of rotatable bonds is 3. The van der Waals surface area contributed by atoms with E-state index in [9.17, 15) is 0 Å². The Morgan fingerprint density at radius 1 is 1.28 bits per heavy atom. The van der Waals surface area contributed by atoms with Crippen molar-refractivity contribution < 1.29 is 0 Å². The molecule has 2 heterocycles. The first-order chi connectivity index (χ1) is 8.79. The fourth-order valence-corrected chi connectivity index (χ4v) is 2.30. The first kappa shape index (κ1) is 11.0. The first-order valence-corrected chi connectivity index (χ1v) is 6.06. The van der Waals surface area contributed by atoms with Gasteiger partial charge in [0.15, 0.2) is 0 Å². The van der Waals surface area contributed by atoms with Crippen LogP contribution in [0.25, 0.3) is 22.3 Å². The van der Waals surface area contributed by atoms with Crippen LogP contribution in [0.1, 0.15) is 0 Å². The van der Waals surface area contributed by atoms with Crippen molar-refractivity contribution in [3.05, 3.63) is 42.9 Å². The highest BCUT2D eigenvalue weighted by Gasteiger charge is 2.09. The summed E-state index contributed by atoms with van der Waals surface area (Å²) in [4.78, 5) is 4.45. The molecule has 0 spiro atoms. The van der Waals surface area contributed by atoms with Gasteiger partial charge in [0.1, 0.15) is 5.69 Å². The molecular weight excluding hydrogens is 224 g/mol. The standard InChI is InChI=1S/C14H16N4/c1-17-13-5-3-2-4-11(13)8-14(17)12-9-18(7-6-15)10-16-12/h2-5,8-10H,6-7,15H2,1H3. The largest absolute Gasteiger partial charge is 0.342 e. The van der Waals surface area contributed by atoms with Crippen LogP contribution in [0.2, 0.25) is 0 Å². The van der Waals surface area contributed by atoms with Crippen molar-refractivity contribution in [2.45, 2.75) is 6.54 Å². The molecule has 92 valence electrons. The Balaban J connectivity index is 2.10. The molecule has 0 amide bonds. The monoisotopic (exact) mass is 240 g/mol. The van der Waals surface area contributed by atoms with Gasteiger partial charge in [-0.05, 0) is 12.1 Å². The SMILES string of the molecule is Cn1c(-c2cn(CCN)cn2)cc2ccccc21. The van der Waals surface area contributed by atoms with Crippen molar-refractivity contribution in [1.29, 1.82) is 0 Å². The molecule has 3 aromatic rings. The third kappa shape index (κ3) is 1.71. The van der Waals surface area contributed by atoms with E-state index in [4.69, 9.17) is 5.73 Å². The Morgan fingerprint density at radius 3 is 2.89 bits per heavy atom. The van der Waals surface area contributed by atoms with Crippen molar-refractivity contribution >= 4 is 10.9 Å². The Bertz CT molecular complexity index is 678. The number of para-hydroxylation sites is 1. The van der Waals surface area contributed by atoms with E-state index in [1.54, 1.807) is 0 Å². The molecule has 2 aromatic heterocycles. The number of benzene rings is 1. The second-order valence-electron chi connectivity index (χ2n) is 4.43. The Hall–Kier alpha value is -2.07. The summed E-state index contributed by atoms with van der Waals surface area (Å²) in [5.74, 6) is 0. The number of aryl methyl sites for hydroxylation is 1. The predicted octanol–water partition coefficient (Wildman–Crippen LogP) is 2.00. The lowest BCUT2D eigenvalue weighted by Gasteiger charge is -2.00. The molecule has 0 aliphatic rings. The molecule has 4 nitrogen and oxygen atoms in total. The first-order valence-electron chi connectivity index (χ1n) is 6.06. The van der Waals surface area contributed by atoms with Crippen LogP contribution < -0.4 is 5.73 Å². The van der Waals surface area contributed by atoms with E-state index in [0.29, 0.717) is 6.54 Å².